The maximum Gasteiger partial charge on any atom is 0.251 e. The molecule has 0 saturated carbocycles. The Morgan fingerprint density at radius 2 is 2.33 bits per heavy atom. The van der Waals surface area contributed by atoms with E-state index in [-0.39, 0.29) is 5.91 Å². The molecule has 0 atom stereocenters. The van der Waals surface area contributed by atoms with Crippen molar-refractivity contribution in [3.8, 4) is 0 Å². The maximum absolute atomic E-state index is 11.8. The number of benzene rings is 1. The number of carbonyl (C=O) groups is 1. The second-order valence-corrected chi connectivity index (χ2v) is 5.29. The molecular formula is C12H12BrN3OS. The van der Waals surface area contributed by atoms with E-state index >= 15 is 0 Å². The van der Waals surface area contributed by atoms with Gasteiger partial charge in [0.05, 0.1) is 11.2 Å². The van der Waals surface area contributed by atoms with Gasteiger partial charge in [-0.25, -0.2) is 4.98 Å². The standard InChI is InChI=1S/C12H12BrN3OS/c13-10-2-1-8(5-11(10)14)12(17)15-4-3-9-6-18-7-16-9/h1-2,5-7H,3-4,14H2,(H,15,17). The summed E-state index contributed by atoms with van der Waals surface area (Å²) in [5.74, 6) is -0.121. The highest BCUT2D eigenvalue weighted by atomic mass is 79.9. The lowest BCUT2D eigenvalue weighted by molar-refractivity contribution is 0.0954. The zero-order chi connectivity index (χ0) is 13.0. The first-order valence-corrected chi connectivity index (χ1v) is 7.10. The minimum atomic E-state index is -0.121. The van der Waals surface area contributed by atoms with Gasteiger partial charge in [0, 0.05) is 34.1 Å². The fourth-order valence-corrected chi connectivity index (χ4v) is 2.29. The first-order chi connectivity index (χ1) is 8.66. The average molecular weight is 326 g/mol. The highest BCUT2D eigenvalue weighted by Crippen LogP contribution is 2.20. The Balaban J connectivity index is 1.89. The van der Waals surface area contributed by atoms with Gasteiger partial charge >= 0.3 is 0 Å². The van der Waals surface area contributed by atoms with Gasteiger partial charge in [0.2, 0.25) is 0 Å². The molecule has 0 aliphatic heterocycles. The summed E-state index contributed by atoms with van der Waals surface area (Å²) in [6.07, 6.45) is 0.737. The van der Waals surface area contributed by atoms with E-state index < -0.39 is 0 Å². The van der Waals surface area contributed by atoms with E-state index in [1.807, 2.05) is 5.38 Å². The van der Waals surface area contributed by atoms with Crippen LogP contribution in [0.1, 0.15) is 16.1 Å². The highest BCUT2D eigenvalue weighted by Gasteiger charge is 2.07. The molecule has 0 saturated heterocycles. The number of carbonyl (C=O) groups excluding carboxylic acids is 1. The van der Waals surface area contributed by atoms with Gasteiger partial charge < -0.3 is 11.1 Å². The summed E-state index contributed by atoms with van der Waals surface area (Å²) in [7, 11) is 0. The number of rotatable bonds is 4. The number of nitrogens with one attached hydrogen (secondary N) is 1. The molecule has 4 nitrogen and oxygen atoms in total. The molecule has 1 heterocycles. The molecule has 3 N–H and O–H groups in total. The van der Waals surface area contributed by atoms with Crippen molar-refractivity contribution < 1.29 is 4.79 Å². The molecule has 1 aromatic carbocycles. The van der Waals surface area contributed by atoms with Crippen LogP contribution in [0, 0.1) is 0 Å². The number of nitrogens with two attached hydrogens (primary N) is 1. The molecule has 0 aliphatic carbocycles. The third-order valence-electron chi connectivity index (χ3n) is 2.41. The Morgan fingerprint density at radius 3 is 3.00 bits per heavy atom. The molecule has 0 unspecified atom stereocenters. The lowest BCUT2D eigenvalue weighted by atomic mass is 10.2. The summed E-state index contributed by atoms with van der Waals surface area (Å²) in [5.41, 5.74) is 9.63. The molecule has 1 amide bonds. The molecule has 0 bridgehead atoms. The topological polar surface area (TPSA) is 68.0 Å². The molecule has 0 aliphatic rings. The number of hydrogen-bond acceptors (Lipinski definition) is 4. The molecule has 18 heavy (non-hydrogen) atoms. The zero-order valence-corrected chi connectivity index (χ0v) is 11.9. The van der Waals surface area contributed by atoms with Gasteiger partial charge in [-0.3, -0.25) is 4.79 Å². The van der Waals surface area contributed by atoms with Crippen molar-refractivity contribution in [2.45, 2.75) is 6.42 Å². The second kappa shape index (κ2) is 5.97. The first-order valence-electron chi connectivity index (χ1n) is 5.37. The smallest absolute Gasteiger partial charge is 0.251 e. The van der Waals surface area contributed by atoms with Gasteiger partial charge in [-0.05, 0) is 34.1 Å². The Kier molecular flexibility index (Phi) is 4.33. The van der Waals surface area contributed by atoms with E-state index in [0.717, 1.165) is 16.6 Å². The Labute approximate surface area is 117 Å². The fraction of sp³-hybridized carbons (Fsp3) is 0.167. The third kappa shape index (κ3) is 3.30. The molecule has 2 aromatic rings. The van der Waals surface area contributed by atoms with Crippen molar-refractivity contribution in [1.82, 2.24) is 10.3 Å². The summed E-state index contributed by atoms with van der Waals surface area (Å²) < 4.78 is 0.793. The lowest BCUT2D eigenvalue weighted by Crippen LogP contribution is -2.25. The van der Waals surface area contributed by atoms with Crippen LogP contribution in [0.25, 0.3) is 0 Å². The molecule has 0 spiro atoms. The van der Waals surface area contributed by atoms with Crippen LogP contribution in [0.5, 0.6) is 0 Å². The highest BCUT2D eigenvalue weighted by molar-refractivity contribution is 9.10. The molecule has 94 valence electrons. The van der Waals surface area contributed by atoms with E-state index in [4.69, 9.17) is 5.73 Å². The Hall–Kier alpha value is -1.40. The van der Waals surface area contributed by atoms with Crippen LogP contribution in [-0.2, 0) is 6.42 Å². The van der Waals surface area contributed by atoms with Crippen molar-refractivity contribution >= 4 is 38.9 Å². The number of halogens is 1. The number of thiazole rings is 1. The quantitative estimate of drug-likeness (QED) is 0.848. The van der Waals surface area contributed by atoms with Crippen molar-refractivity contribution in [2.24, 2.45) is 0 Å². The number of nitrogen functional groups attached to an aromatic ring is 1. The summed E-state index contributed by atoms with van der Waals surface area (Å²) in [6.45, 7) is 0.568. The van der Waals surface area contributed by atoms with Crippen molar-refractivity contribution in [1.29, 1.82) is 0 Å². The van der Waals surface area contributed by atoms with Gasteiger partial charge in [0.25, 0.3) is 5.91 Å². The maximum atomic E-state index is 11.8. The first kappa shape index (κ1) is 13.0. The van der Waals surface area contributed by atoms with Gasteiger partial charge in [0.1, 0.15) is 0 Å². The van der Waals surface area contributed by atoms with E-state index in [1.165, 1.54) is 0 Å². The summed E-state index contributed by atoms with van der Waals surface area (Å²) in [5, 5.41) is 4.81. The lowest BCUT2D eigenvalue weighted by Gasteiger charge is -2.05. The normalized spacial score (nSPS) is 10.3. The molecule has 0 radical (unpaired) electrons. The van der Waals surface area contributed by atoms with Crippen LogP contribution in [0.4, 0.5) is 5.69 Å². The number of aromatic nitrogens is 1. The van der Waals surface area contributed by atoms with Crippen LogP contribution < -0.4 is 11.1 Å². The second-order valence-electron chi connectivity index (χ2n) is 3.72. The molecular weight excluding hydrogens is 314 g/mol. The molecule has 6 heteroatoms. The van der Waals surface area contributed by atoms with Gasteiger partial charge in [0.15, 0.2) is 0 Å². The molecule has 1 aromatic heterocycles. The number of anilines is 1. The average Bonchev–Trinajstić information content (AvgIpc) is 2.85. The number of amides is 1. The van der Waals surface area contributed by atoms with Gasteiger partial charge in [-0.15, -0.1) is 11.3 Å². The predicted molar refractivity (Wildman–Crippen MR) is 76.7 cm³/mol. The minimum absolute atomic E-state index is 0.121. The fourth-order valence-electron chi connectivity index (χ4n) is 1.45. The van der Waals surface area contributed by atoms with Crippen molar-refractivity contribution in [3.63, 3.8) is 0 Å². The summed E-state index contributed by atoms with van der Waals surface area (Å²) in [4.78, 5) is 16.0. The van der Waals surface area contributed by atoms with E-state index in [1.54, 1.807) is 35.0 Å². The van der Waals surface area contributed by atoms with Crippen LogP contribution in [0.2, 0.25) is 0 Å². The third-order valence-corrected chi connectivity index (χ3v) is 3.77. The Bertz CT molecular complexity index is 542. The van der Waals surface area contributed by atoms with E-state index in [9.17, 15) is 4.79 Å². The molecule has 2 rings (SSSR count). The zero-order valence-electron chi connectivity index (χ0n) is 9.52. The Morgan fingerprint density at radius 1 is 1.50 bits per heavy atom. The van der Waals surface area contributed by atoms with Gasteiger partial charge in [-0.2, -0.15) is 0 Å². The number of nitrogens with zero attached hydrogens (tertiary/aromatic N) is 1. The van der Waals surface area contributed by atoms with Crippen molar-refractivity contribution in [2.75, 3.05) is 12.3 Å². The van der Waals surface area contributed by atoms with Crippen LogP contribution in [0.3, 0.4) is 0 Å². The molecule has 0 fully saturated rings. The largest absolute Gasteiger partial charge is 0.398 e. The van der Waals surface area contributed by atoms with E-state index in [2.05, 4.69) is 26.2 Å². The SMILES string of the molecule is Nc1cc(C(=O)NCCc2cscn2)ccc1Br. The number of hydrogen-bond donors (Lipinski definition) is 2. The summed E-state index contributed by atoms with van der Waals surface area (Å²) in [6, 6.07) is 5.16. The van der Waals surface area contributed by atoms with Crippen LogP contribution in [0.15, 0.2) is 33.6 Å². The van der Waals surface area contributed by atoms with Crippen LogP contribution in [-0.4, -0.2) is 17.4 Å². The minimum Gasteiger partial charge on any atom is -0.398 e. The summed E-state index contributed by atoms with van der Waals surface area (Å²) >= 11 is 4.85. The van der Waals surface area contributed by atoms with Crippen molar-refractivity contribution in [3.05, 3.63) is 44.8 Å². The van der Waals surface area contributed by atoms with Gasteiger partial charge in [-0.1, -0.05) is 0 Å². The van der Waals surface area contributed by atoms with E-state index in [0.29, 0.717) is 17.8 Å². The monoisotopic (exact) mass is 325 g/mol. The van der Waals surface area contributed by atoms with Crippen LogP contribution >= 0.6 is 27.3 Å². The predicted octanol–water partition coefficient (Wildman–Crippen LogP) is 2.46.